The summed E-state index contributed by atoms with van der Waals surface area (Å²) in [6.07, 6.45) is 0. The molecular formula is C16H18N4. The van der Waals surface area contributed by atoms with Crippen molar-refractivity contribution in [3.8, 4) is 22.6 Å². The number of hydrogen-bond donors (Lipinski definition) is 2. The number of H-pyrrole nitrogens is 1. The molecular weight excluding hydrogens is 248 g/mol. The lowest BCUT2D eigenvalue weighted by Crippen LogP contribution is -2.13. The fraction of sp³-hybridized carbons (Fsp3) is 0.250. The minimum absolute atomic E-state index is 0.323. The molecule has 4 heteroatoms. The molecule has 0 saturated heterocycles. The molecule has 4 nitrogen and oxygen atoms in total. The maximum Gasteiger partial charge on any atom is 0.156 e. The summed E-state index contributed by atoms with van der Waals surface area (Å²) in [5, 5.41) is 3.36. The first-order valence-electron chi connectivity index (χ1n) is 6.83. The first kappa shape index (κ1) is 12.7. The van der Waals surface area contributed by atoms with Gasteiger partial charge >= 0.3 is 0 Å². The van der Waals surface area contributed by atoms with Crippen LogP contribution in [0.25, 0.3) is 22.6 Å². The highest BCUT2D eigenvalue weighted by molar-refractivity contribution is 5.77. The lowest BCUT2D eigenvalue weighted by molar-refractivity contribution is 0.879. The quantitative estimate of drug-likeness (QED) is 0.760. The Morgan fingerprint density at radius 2 is 1.85 bits per heavy atom. The van der Waals surface area contributed by atoms with Crippen molar-refractivity contribution in [2.75, 3.05) is 5.32 Å². The van der Waals surface area contributed by atoms with Crippen molar-refractivity contribution in [2.24, 2.45) is 0 Å². The summed E-state index contributed by atoms with van der Waals surface area (Å²) in [5.74, 6) is 1.72. The van der Waals surface area contributed by atoms with Crippen LogP contribution in [0.3, 0.4) is 0 Å². The summed E-state index contributed by atoms with van der Waals surface area (Å²) in [6.45, 7) is 6.15. The van der Waals surface area contributed by atoms with Gasteiger partial charge in [-0.2, -0.15) is 0 Å². The van der Waals surface area contributed by atoms with Crippen molar-refractivity contribution in [2.45, 2.75) is 26.8 Å². The van der Waals surface area contributed by atoms with Crippen LogP contribution >= 0.6 is 0 Å². The van der Waals surface area contributed by atoms with Gasteiger partial charge in [0.2, 0.25) is 0 Å². The zero-order valence-corrected chi connectivity index (χ0v) is 11.9. The number of aromatic amines is 1. The Kier molecular flexibility index (Phi) is 3.14. The summed E-state index contributed by atoms with van der Waals surface area (Å²) in [7, 11) is 0. The maximum atomic E-state index is 4.72. The molecule has 0 saturated carbocycles. The SMILES string of the molecule is Cc1nc(NC(C)C)c2nc(-c3ccccc3)cc-2[nH]1. The van der Waals surface area contributed by atoms with Gasteiger partial charge in [-0.15, -0.1) is 0 Å². The van der Waals surface area contributed by atoms with Gasteiger partial charge in [0.05, 0.1) is 11.4 Å². The van der Waals surface area contributed by atoms with Crippen LogP contribution in [-0.2, 0) is 0 Å². The Bertz CT molecular complexity index is 685. The standard InChI is InChI=1S/C16H18N4/c1-10(2)17-16-15-14(18-11(3)19-16)9-13(20-15)12-7-5-4-6-8-12/h4-10,17H,1-3H3,(H,18,19). The molecule has 1 aromatic rings. The number of rotatable bonds is 3. The fourth-order valence-corrected chi connectivity index (χ4v) is 2.27. The average Bonchev–Trinajstić information content (AvgIpc) is 2.83. The van der Waals surface area contributed by atoms with Crippen molar-refractivity contribution in [3.05, 3.63) is 42.2 Å². The van der Waals surface area contributed by atoms with Crippen LogP contribution in [0, 0.1) is 6.92 Å². The molecule has 0 amide bonds. The van der Waals surface area contributed by atoms with Crippen LogP contribution in [0.1, 0.15) is 19.7 Å². The molecule has 2 aliphatic rings. The average molecular weight is 266 g/mol. The molecule has 0 unspecified atom stereocenters. The lowest BCUT2D eigenvalue weighted by atomic mass is 10.1. The Hall–Kier alpha value is -2.36. The van der Waals surface area contributed by atoms with Crippen molar-refractivity contribution in [1.29, 1.82) is 0 Å². The molecule has 2 heterocycles. The molecule has 0 spiro atoms. The Labute approximate surface area is 118 Å². The Balaban J connectivity index is 2.12. The van der Waals surface area contributed by atoms with Crippen LogP contribution in [-0.4, -0.2) is 21.0 Å². The number of benzene rings is 1. The molecule has 2 aliphatic heterocycles. The van der Waals surface area contributed by atoms with E-state index in [1.165, 1.54) is 0 Å². The van der Waals surface area contributed by atoms with E-state index in [0.29, 0.717) is 6.04 Å². The Morgan fingerprint density at radius 1 is 1.10 bits per heavy atom. The number of nitrogens with one attached hydrogen (secondary N) is 2. The van der Waals surface area contributed by atoms with E-state index in [9.17, 15) is 0 Å². The molecule has 0 atom stereocenters. The summed E-state index contributed by atoms with van der Waals surface area (Å²) in [4.78, 5) is 12.5. The minimum Gasteiger partial charge on any atom is -0.366 e. The minimum atomic E-state index is 0.323. The Morgan fingerprint density at radius 3 is 2.55 bits per heavy atom. The zero-order valence-electron chi connectivity index (χ0n) is 11.9. The highest BCUT2D eigenvalue weighted by atomic mass is 15.1. The van der Waals surface area contributed by atoms with Gasteiger partial charge in [-0.05, 0) is 26.8 Å². The van der Waals surface area contributed by atoms with E-state index in [4.69, 9.17) is 4.98 Å². The number of hydrogen-bond acceptors (Lipinski definition) is 3. The first-order chi connectivity index (χ1) is 9.63. The molecule has 102 valence electrons. The van der Waals surface area contributed by atoms with Gasteiger partial charge in [0.15, 0.2) is 5.82 Å². The first-order valence-corrected chi connectivity index (χ1v) is 6.83. The summed E-state index contributed by atoms with van der Waals surface area (Å²) in [5.41, 5.74) is 3.99. The van der Waals surface area contributed by atoms with Crippen molar-refractivity contribution in [3.63, 3.8) is 0 Å². The normalized spacial score (nSPS) is 11.2. The van der Waals surface area contributed by atoms with Crippen molar-refractivity contribution >= 4 is 5.82 Å². The van der Waals surface area contributed by atoms with Crippen molar-refractivity contribution in [1.82, 2.24) is 15.0 Å². The van der Waals surface area contributed by atoms with Gasteiger partial charge in [0, 0.05) is 11.6 Å². The van der Waals surface area contributed by atoms with Gasteiger partial charge in [0.25, 0.3) is 0 Å². The smallest absolute Gasteiger partial charge is 0.156 e. The zero-order chi connectivity index (χ0) is 14.1. The van der Waals surface area contributed by atoms with Crippen LogP contribution in [0.2, 0.25) is 0 Å². The van der Waals surface area contributed by atoms with E-state index in [1.807, 2.05) is 25.1 Å². The van der Waals surface area contributed by atoms with E-state index in [0.717, 1.165) is 34.3 Å². The summed E-state index contributed by atoms with van der Waals surface area (Å²) >= 11 is 0. The van der Waals surface area contributed by atoms with Crippen LogP contribution in [0.4, 0.5) is 5.82 Å². The fourth-order valence-electron chi connectivity index (χ4n) is 2.27. The van der Waals surface area contributed by atoms with Gasteiger partial charge in [-0.25, -0.2) is 9.97 Å². The molecule has 0 radical (unpaired) electrons. The van der Waals surface area contributed by atoms with E-state index >= 15 is 0 Å². The van der Waals surface area contributed by atoms with Gasteiger partial charge in [-0.3, -0.25) is 0 Å². The third-order valence-electron chi connectivity index (χ3n) is 3.08. The second kappa shape index (κ2) is 4.96. The van der Waals surface area contributed by atoms with Crippen LogP contribution < -0.4 is 5.32 Å². The van der Waals surface area contributed by atoms with E-state index in [-0.39, 0.29) is 0 Å². The van der Waals surface area contributed by atoms with E-state index in [2.05, 4.69) is 47.3 Å². The second-order valence-corrected chi connectivity index (χ2v) is 5.24. The molecule has 3 rings (SSSR count). The highest BCUT2D eigenvalue weighted by Crippen LogP contribution is 2.31. The number of fused-ring (bicyclic) bond motifs is 1. The van der Waals surface area contributed by atoms with E-state index in [1.54, 1.807) is 0 Å². The highest BCUT2D eigenvalue weighted by Gasteiger charge is 2.17. The lowest BCUT2D eigenvalue weighted by Gasteiger charge is -2.12. The third-order valence-corrected chi connectivity index (χ3v) is 3.08. The van der Waals surface area contributed by atoms with Crippen LogP contribution in [0.15, 0.2) is 36.4 Å². The molecule has 0 aromatic heterocycles. The summed E-state index contributed by atoms with van der Waals surface area (Å²) < 4.78 is 0. The third kappa shape index (κ3) is 2.37. The second-order valence-electron chi connectivity index (χ2n) is 5.24. The molecule has 0 aliphatic carbocycles. The number of anilines is 1. The molecule has 0 fully saturated rings. The molecule has 20 heavy (non-hydrogen) atoms. The van der Waals surface area contributed by atoms with Gasteiger partial charge in [-0.1, -0.05) is 30.3 Å². The monoisotopic (exact) mass is 266 g/mol. The number of aryl methyl sites for hydroxylation is 1. The predicted molar refractivity (Wildman–Crippen MR) is 81.9 cm³/mol. The summed E-state index contributed by atoms with van der Waals surface area (Å²) in [6, 6.07) is 12.6. The van der Waals surface area contributed by atoms with Gasteiger partial charge < -0.3 is 10.3 Å². The number of nitrogens with zero attached hydrogens (tertiary/aromatic N) is 2. The topological polar surface area (TPSA) is 53.6 Å². The number of aromatic nitrogens is 3. The van der Waals surface area contributed by atoms with Crippen LogP contribution in [0.5, 0.6) is 0 Å². The van der Waals surface area contributed by atoms with E-state index < -0.39 is 0 Å². The largest absolute Gasteiger partial charge is 0.366 e. The maximum absolute atomic E-state index is 4.72. The molecule has 0 bridgehead atoms. The molecule has 1 aromatic carbocycles. The van der Waals surface area contributed by atoms with Gasteiger partial charge in [0.1, 0.15) is 11.5 Å². The predicted octanol–water partition coefficient (Wildman–Crippen LogP) is 3.71. The molecule has 2 N–H and O–H groups in total. The van der Waals surface area contributed by atoms with Crippen molar-refractivity contribution < 1.29 is 0 Å².